The first-order valence-corrected chi connectivity index (χ1v) is 10.8. The van der Waals surface area contributed by atoms with E-state index >= 15 is 0 Å². The fourth-order valence-corrected chi connectivity index (χ4v) is 7.22. The lowest BCUT2D eigenvalue weighted by molar-refractivity contribution is -0.127. The lowest BCUT2D eigenvalue weighted by Gasteiger charge is -2.49. The van der Waals surface area contributed by atoms with Crippen LogP contribution in [0, 0.1) is 5.92 Å². The molecule has 3 saturated heterocycles. The second-order valence-electron chi connectivity index (χ2n) is 9.00. The molecule has 1 aromatic rings. The quantitative estimate of drug-likeness (QED) is 0.735. The summed E-state index contributed by atoms with van der Waals surface area (Å²) in [5.74, 6) is 1.88. The average molecular weight is 396 g/mol. The largest absolute Gasteiger partial charge is 0.493 e. The van der Waals surface area contributed by atoms with Gasteiger partial charge in [0.05, 0.1) is 45.1 Å². The van der Waals surface area contributed by atoms with Crippen LogP contribution in [0.2, 0.25) is 0 Å². The Morgan fingerprint density at radius 3 is 2.79 bits per heavy atom. The van der Waals surface area contributed by atoms with Gasteiger partial charge in [0.2, 0.25) is 5.91 Å². The standard InChI is InChI=1S/C23H28N2O4/c1-4-19-23-6-7-24(19)12-13-5-8-29-18-11-20(26)25(22(23)21(13)18)15-10-17(28-3)16(27-2)9-14(15)23/h5,9-10,18-19,21-22H,4,6-8,11-12H2,1-3H3/t18?,19?,21?,22-,23+/m0/s1. The maximum absolute atomic E-state index is 13.4. The predicted octanol–water partition coefficient (Wildman–Crippen LogP) is 2.50. The molecule has 5 aliphatic rings. The predicted molar refractivity (Wildman–Crippen MR) is 109 cm³/mol. The minimum Gasteiger partial charge on any atom is -0.493 e. The van der Waals surface area contributed by atoms with Crippen molar-refractivity contribution in [2.45, 2.75) is 49.8 Å². The lowest BCUT2D eigenvalue weighted by atomic mass is 9.63. The number of carbonyl (C=O) groups excluding carboxylic acids is 1. The number of anilines is 1. The van der Waals surface area contributed by atoms with E-state index in [1.54, 1.807) is 14.2 Å². The molecule has 1 spiro atoms. The van der Waals surface area contributed by atoms with E-state index in [2.05, 4.69) is 28.9 Å². The van der Waals surface area contributed by atoms with Crippen molar-refractivity contribution in [3.05, 3.63) is 29.3 Å². The van der Waals surface area contributed by atoms with Gasteiger partial charge >= 0.3 is 0 Å². The van der Waals surface area contributed by atoms with Gasteiger partial charge in [0, 0.05) is 30.0 Å². The van der Waals surface area contributed by atoms with Crippen molar-refractivity contribution in [1.82, 2.24) is 4.90 Å². The van der Waals surface area contributed by atoms with Crippen molar-refractivity contribution in [2.75, 3.05) is 38.8 Å². The van der Waals surface area contributed by atoms with Gasteiger partial charge in [-0.15, -0.1) is 0 Å². The van der Waals surface area contributed by atoms with E-state index in [-0.39, 0.29) is 29.4 Å². The second kappa shape index (κ2) is 5.99. The normalized spacial score (nSPS) is 38.9. The first kappa shape index (κ1) is 17.8. The van der Waals surface area contributed by atoms with Gasteiger partial charge in [0.15, 0.2) is 11.5 Å². The molecule has 5 heterocycles. The number of hydrogen-bond acceptors (Lipinski definition) is 5. The summed E-state index contributed by atoms with van der Waals surface area (Å²) >= 11 is 0. The minimum absolute atomic E-state index is 0.00298. The molecule has 0 aromatic heterocycles. The smallest absolute Gasteiger partial charge is 0.229 e. The van der Waals surface area contributed by atoms with Crippen LogP contribution in [0.1, 0.15) is 31.7 Å². The van der Waals surface area contributed by atoms with Gasteiger partial charge in [-0.25, -0.2) is 0 Å². The highest BCUT2D eigenvalue weighted by atomic mass is 16.5. The Morgan fingerprint density at radius 2 is 2.03 bits per heavy atom. The van der Waals surface area contributed by atoms with Crippen molar-refractivity contribution in [3.63, 3.8) is 0 Å². The van der Waals surface area contributed by atoms with Crippen LogP contribution in [0.4, 0.5) is 5.69 Å². The molecule has 3 fully saturated rings. The van der Waals surface area contributed by atoms with E-state index < -0.39 is 0 Å². The molecule has 5 aliphatic heterocycles. The molecule has 6 rings (SSSR count). The molecule has 29 heavy (non-hydrogen) atoms. The minimum atomic E-state index is -0.0844. The van der Waals surface area contributed by atoms with Crippen LogP contribution in [-0.4, -0.2) is 62.9 Å². The lowest BCUT2D eigenvalue weighted by Crippen LogP contribution is -2.62. The molecule has 2 bridgehead atoms. The van der Waals surface area contributed by atoms with Crippen LogP contribution < -0.4 is 14.4 Å². The van der Waals surface area contributed by atoms with E-state index in [1.807, 2.05) is 6.07 Å². The Bertz CT molecular complexity index is 928. The van der Waals surface area contributed by atoms with Crippen LogP contribution >= 0.6 is 0 Å². The number of methoxy groups -OCH3 is 2. The summed E-state index contributed by atoms with van der Waals surface area (Å²) in [6, 6.07) is 4.70. The highest BCUT2D eigenvalue weighted by molar-refractivity contribution is 6.00. The molecule has 0 radical (unpaired) electrons. The summed E-state index contributed by atoms with van der Waals surface area (Å²) in [7, 11) is 3.35. The number of hydrogen-bond donors (Lipinski definition) is 0. The molecule has 0 aliphatic carbocycles. The fraction of sp³-hybridized carbons (Fsp3) is 0.609. The van der Waals surface area contributed by atoms with Crippen molar-refractivity contribution < 1.29 is 19.0 Å². The SMILES string of the molecule is CCC1N2CC[C@@]13c1cc(OC)c(OC)cc1N1C(=O)CC4OCC=C(C2)C4[C@H]13. The van der Waals surface area contributed by atoms with Crippen LogP contribution in [0.25, 0.3) is 0 Å². The van der Waals surface area contributed by atoms with Gasteiger partial charge in [-0.05, 0) is 31.0 Å². The monoisotopic (exact) mass is 396 g/mol. The maximum Gasteiger partial charge on any atom is 0.229 e. The first-order valence-electron chi connectivity index (χ1n) is 10.8. The molecule has 0 saturated carbocycles. The second-order valence-corrected chi connectivity index (χ2v) is 9.00. The Hall–Kier alpha value is -2.05. The maximum atomic E-state index is 13.4. The molecule has 1 amide bonds. The Kier molecular flexibility index (Phi) is 3.67. The first-order chi connectivity index (χ1) is 14.1. The van der Waals surface area contributed by atoms with E-state index in [4.69, 9.17) is 14.2 Å². The number of fused-ring (bicyclic) bond motifs is 3. The number of ether oxygens (including phenoxy) is 3. The molecule has 6 nitrogen and oxygen atoms in total. The molecule has 6 atom stereocenters. The summed E-state index contributed by atoms with van der Waals surface area (Å²) in [6.07, 6.45) is 4.87. The summed E-state index contributed by atoms with van der Waals surface area (Å²) in [5, 5.41) is 0. The third kappa shape index (κ3) is 2.01. The van der Waals surface area contributed by atoms with Gasteiger partial charge < -0.3 is 19.1 Å². The van der Waals surface area contributed by atoms with Gasteiger partial charge in [0.1, 0.15) is 0 Å². The summed E-state index contributed by atoms with van der Waals surface area (Å²) in [5.41, 5.74) is 3.66. The van der Waals surface area contributed by atoms with Gasteiger partial charge in [-0.2, -0.15) is 0 Å². The van der Waals surface area contributed by atoms with Crippen LogP contribution in [-0.2, 0) is 14.9 Å². The molecule has 0 N–H and O–H groups in total. The zero-order chi connectivity index (χ0) is 19.9. The average Bonchev–Trinajstić information content (AvgIpc) is 3.18. The summed E-state index contributed by atoms with van der Waals surface area (Å²) in [6.45, 7) is 4.99. The zero-order valence-corrected chi connectivity index (χ0v) is 17.3. The van der Waals surface area contributed by atoms with Crippen LogP contribution in [0.3, 0.4) is 0 Å². The number of amides is 1. The highest BCUT2D eigenvalue weighted by Gasteiger charge is 2.67. The number of rotatable bonds is 3. The van der Waals surface area contributed by atoms with Crippen molar-refractivity contribution in [1.29, 1.82) is 0 Å². The fourth-order valence-electron chi connectivity index (χ4n) is 7.22. The number of benzene rings is 1. The number of carbonyl (C=O) groups is 1. The molecule has 154 valence electrons. The molecular weight excluding hydrogens is 368 g/mol. The highest BCUT2D eigenvalue weighted by Crippen LogP contribution is 2.62. The summed E-state index contributed by atoms with van der Waals surface area (Å²) in [4.78, 5) is 18.2. The van der Waals surface area contributed by atoms with Gasteiger partial charge in [-0.3, -0.25) is 9.69 Å². The van der Waals surface area contributed by atoms with Crippen molar-refractivity contribution in [2.24, 2.45) is 5.92 Å². The molecular formula is C23H28N2O4. The molecule has 4 unspecified atom stereocenters. The molecule has 6 heteroatoms. The van der Waals surface area contributed by atoms with Gasteiger partial charge in [0.25, 0.3) is 0 Å². The van der Waals surface area contributed by atoms with Crippen LogP contribution in [0.15, 0.2) is 23.8 Å². The number of piperidine rings is 1. The van der Waals surface area contributed by atoms with Crippen molar-refractivity contribution >= 4 is 11.6 Å². The topological polar surface area (TPSA) is 51.2 Å². The Labute approximate surface area is 171 Å². The van der Waals surface area contributed by atoms with E-state index in [0.717, 1.165) is 37.4 Å². The Balaban J connectivity index is 1.66. The Morgan fingerprint density at radius 1 is 1.24 bits per heavy atom. The number of nitrogens with zero attached hydrogens (tertiary/aromatic N) is 2. The summed E-state index contributed by atoms with van der Waals surface area (Å²) < 4.78 is 17.4. The van der Waals surface area contributed by atoms with E-state index in [9.17, 15) is 4.79 Å². The zero-order valence-electron chi connectivity index (χ0n) is 17.3. The van der Waals surface area contributed by atoms with Crippen molar-refractivity contribution in [3.8, 4) is 11.5 Å². The third-order valence-corrected chi connectivity index (χ3v) is 8.16. The van der Waals surface area contributed by atoms with E-state index in [0.29, 0.717) is 24.8 Å². The third-order valence-electron chi connectivity index (χ3n) is 8.16. The van der Waals surface area contributed by atoms with Crippen LogP contribution in [0.5, 0.6) is 11.5 Å². The van der Waals surface area contributed by atoms with Gasteiger partial charge in [-0.1, -0.05) is 18.6 Å². The molecule has 1 aromatic carbocycles. The van der Waals surface area contributed by atoms with E-state index in [1.165, 1.54) is 11.1 Å².